The maximum Gasteiger partial charge on any atom is 0.129 e. The molecule has 0 spiro atoms. The van der Waals surface area contributed by atoms with E-state index in [1.807, 2.05) is 6.92 Å². The highest BCUT2D eigenvalue weighted by molar-refractivity contribution is 6.20. The van der Waals surface area contributed by atoms with Crippen LogP contribution in [-0.2, 0) is 11.2 Å². The highest BCUT2D eigenvalue weighted by Crippen LogP contribution is 2.18. The second-order valence-corrected chi connectivity index (χ2v) is 4.10. The monoisotopic (exact) mass is 248 g/mol. The molecule has 1 unspecified atom stereocenters. The van der Waals surface area contributed by atoms with Crippen LogP contribution in [0.15, 0.2) is 18.2 Å². The van der Waals surface area contributed by atoms with Crippen LogP contribution in [0.1, 0.15) is 18.9 Å². The largest absolute Gasteiger partial charge is 0.382 e. The SMILES string of the molecule is CCOCCC(Cl)Cc1c(F)cccc1F. The molecule has 1 nitrogen and oxygen atoms in total. The van der Waals surface area contributed by atoms with Crippen molar-refractivity contribution >= 4 is 11.6 Å². The lowest BCUT2D eigenvalue weighted by Gasteiger charge is -2.10. The van der Waals surface area contributed by atoms with Crippen molar-refractivity contribution < 1.29 is 13.5 Å². The van der Waals surface area contributed by atoms with Gasteiger partial charge in [0.15, 0.2) is 0 Å². The molecule has 0 heterocycles. The van der Waals surface area contributed by atoms with Gasteiger partial charge in [0, 0.05) is 24.2 Å². The first kappa shape index (κ1) is 13.4. The Balaban J connectivity index is 2.52. The van der Waals surface area contributed by atoms with Gasteiger partial charge in [-0.1, -0.05) is 6.07 Å². The summed E-state index contributed by atoms with van der Waals surface area (Å²) in [6.07, 6.45) is 0.774. The van der Waals surface area contributed by atoms with Gasteiger partial charge in [0.25, 0.3) is 0 Å². The zero-order chi connectivity index (χ0) is 12.0. The average Bonchev–Trinajstić information content (AvgIpc) is 2.24. The Morgan fingerprint density at radius 2 is 1.94 bits per heavy atom. The quantitative estimate of drug-likeness (QED) is 0.553. The van der Waals surface area contributed by atoms with Gasteiger partial charge >= 0.3 is 0 Å². The third-order valence-corrected chi connectivity index (χ3v) is 2.64. The smallest absolute Gasteiger partial charge is 0.129 e. The first-order valence-electron chi connectivity index (χ1n) is 5.29. The first-order chi connectivity index (χ1) is 7.65. The Morgan fingerprint density at radius 1 is 1.31 bits per heavy atom. The fourth-order valence-electron chi connectivity index (χ4n) is 1.41. The zero-order valence-corrected chi connectivity index (χ0v) is 9.94. The van der Waals surface area contributed by atoms with Gasteiger partial charge in [-0.05, 0) is 31.9 Å². The third kappa shape index (κ3) is 4.06. The molecule has 1 aromatic carbocycles. The van der Waals surface area contributed by atoms with Gasteiger partial charge in [0.05, 0.1) is 0 Å². The number of hydrogen-bond acceptors (Lipinski definition) is 1. The van der Waals surface area contributed by atoms with E-state index in [9.17, 15) is 8.78 Å². The molecular formula is C12H15ClF2O. The molecule has 1 aromatic rings. The van der Waals surface area contributed by atoms with Crippen LogP contribution in [0.3, 0.4) is 0 Å². The molecule has 16 heavy (non-hydrogen) atoms. The molecule has 0 N–H and O–H groups in total. The van der Waals surface area contributed by atoms with Crippen molar-refractivity contribution in [1.82, 2.24) is 0 Å². The molecule has 1 atom stereocenters. The lowest BCUT2D eigenvalue weighted by molar-refractivity contribution is 0.144. The predicted octanol–water partition coefficient (Wildman–Crippen LogP) is 3.54. The Hall–Kier alpha value is -0.670. The highest BCUT2D eigenvalue weighted by Gasteiger charge is 2.13. The molecule has 0 aromatic heterocycles. The Morgan fingerprint density at radius 3 is 2.50 bits per heavy atom. The molecule has 4 heteroatoms. The molecule has 0 saturated heterocycles. The Bertz CT molecular complexity index is 311. The van der Waals surface area contributed by atoms with Crippen molar-refractivity contribution in [2.24, 2.45) is 0 Å². The zero-order valence-electron chi connectivity index (χ0n) is 9.18. The predicted molar refractivity (Wildman–Crippen MR) is 60.8 cm³/mol. The maximum absolute atomic E-state index is 13.3. The third-order valence-electron chi connectivity index (χ3n) is 2.27. The second-order valence-electron chi connectivity index (χ2n) is 3.49. The van der Waals surface area contributed by atoms with Crippen molar-refractivity contribution in [2.75, 3.05) is 13.2 Å². The summed E-state index contributed by atoms with van der Waals surface area (Å²) >= 11 is 5.98. The summed E-state index contributed by atoms with van der Waals surface area (Å²) in [6.45, 7) is 3.03. The molecule has 90 valence electrons. The van der Waals surface area contributed by atoms with E-state index in [1.165, 1.54) is 18.2 Å². The van der Waals surface area contributed by atoms with Gasteiger partial charge < -0.3 is 4.74 Å². The van der Waals surface area contributed by atoms with Gasteiger partial charge in [-0.3, -0.25) is 0 Å². The number of alkyl halides is 1. The summed E-state index contributed by atoms with van der Waals surface area (Å²) in [5, 5.41) is -0.307. The van der Waals surface area contributed by atoms with Gasteiger partial charge in [0.1, 0.15) is 11.6 Å². The minimum absolute atomic E-state index is 0.0546. The van der Waals surface area contributed by atoms with E-state index in [1.54, 1.807) is 0 Å². The van der Waals surface area contributed by atoms with Gasteiger partial charge in [-0.2, -0.15) is 0 Å². The van der Waals surface area contributed by atoms with Crippen LogP contribution in [0.4, 0.5) is 8.78 Å². The Labute approximate surface area is 99.4 Å². The number of halogens is 3. The van der Waals surface area contributed by atoms with Crippen molar-refractivity contribution in [1.29, 1.82) is 0 Å². The van der Waals surface area contributed by atoms with Crippen LogP contribution in [0.2, 0.25) is 0 Å². The van der Waals surface area contributed by atoms with Crippen LogP contribution in [0.5, 0.6) is 0 Å². The summed E-state index contributed by atoms with van der Waals surface area (Å²) < 4.78 is 31.7. The molecular weight excluding hydrogens is 234 g/mol. The summed E-state index contributed by atoms with van der Waals surface area (Å²) in [7, 11) is 0. The normalized spacial score (nSPS) is 12.8. The van der Waals surface area contributed by atoms with Crippen LogP contribution in [0.25, 0.3) is 0 Å². The summed E-state index contributed by atoms with van der Waals surface area (Å²) in [5.74, 6) is -1.08. The van der Waals surface area contributed by atoms with Crippen LogP contribution in [-0.4, -0.2) is 18.6 Å². The molecule has 0 aliphatic rings. The molecule has 0 aliphatic carbocycles. The van der Waals surface area contributed by atoms with E-state index < -0.39 is 11.6 Å². The molecule has 1 rings (SSSR count). The van der Waals surface area contributed by atoms with Crippen LogP contribution < -0.4 is 0 Å². The maximum atomic E-state index is 13.3. The molecule has 0 bridgehead atoms. The van der Waals surface area contributed by atoms with Gasteiger partial charge in [-0.15, -0.1) is 11.6 Å². The topological polar surface area (TPSA) is 9.23 Å². The van der Waals surface area contributed by atoms with Gasteiger partial charge in [0.2, 0.25) is 0 Å². The number of benzene rings is 1. The van der Waals surface area contributed by atoms with E-state index in [-0.39, 0.29) is 17.4 Å². The summed E-state index contributed by atoms with van der Waals surface area (Å²) in [4.78, 5) is 0. The van der Waals surface area contributed by atoms with Crippen molar-refractivity contribution in [3.8, 4) is 0 Å². The molecule has 0 fully saturated rings. The first-order valence-corrected chi connectivity index (χ1v) is 5.73. The van der Waals surface area contributed by atoms with Gasteiger partial charge in [-0.25, -0.2) is 8.78 Å². The molecule has 0 aliphatic heterocycles. The molecule has 0 amide bonds. The van der Waals surface area contributed by atoms with E-state index in [4.69, 9.17) is 16.3 Å². The standard InChI is InChI=1S/C12H15ClF2O/c1-2-16-7-6-9(13)8-10-11(14)4-3-5-12(10)15/h3-5,9H,2,6-8H2,1H3. The Kier molecular flexibility index (Phi) is 5.71. The number of rotatable bonds is 6. The van der Waals surface area contributed by atoms with E-state index in [2.05, 4.69) is 0 Å². The van der Waals surface area contributed by atoms with Crippen LogP contribution in [0, 0.1) is 11.6 Å². The van der Waals surface area contributed by atoms with Crippen molar-refractivity contribution in [3.63, 3.8) is 0 Å². The summed E-state index contributed by atoms with van der Waals surface area (Å²) in [6, 6.07) is 3.83. The highest BCUT2D eigenvalue weighted by atomic mass is 35.5. The van der Waals surface area contributed by atoms with Crippen molar-refractivity contribution in [2.45, 2.75) is 25.1 Å². The minimum atomic E-state index is -0.540. The molecule has 0 saturated carbocycles. The van der Waals surface area contributed by atoms with E-state index in [0.29, 0.717) is 19.6 Å². The van der Waals surface area contributed by atoms with E-state index >= 15 is 0 Å². The fraction of sp³-hybridized carbons (Fsp3) is 0.500. The lowest BCUT2D eigenvalue weighted by Crippen LogP contribution is -2.10. The van der Waals surface area contributed by atoms with Crippen molar-refractivity contribution in [3.05, 3.63) is 35.4 Å². The second kappa shape index (κ2) is 6.81. The average molecular weight is 249 g/mol. The minimum Gasteiger partial charge on any atom is -0.382 e. The van der Waals surface area contributed by atoms with E-state index in [0.717, 1.165) is 0 Å². The number of ether oxygens (including phenoxy) is 1. The lowest BCUT2D eigenvalue weighted by atomic mass is 10.1. The fourth-order valence-corrected chi connectivity index (χ4v) is 1.65. The number of hydrogen-bond donors (Lipinski definition) is 0. The molecule has 0 radical (unpaired) electrons. The van der Waals surface area contributed by atoms with Crippen LogP contribution >= 0.6 is 11.6 Å². The summed E-state index contributed by atoms with van der Waals surface area (Å²) in [5.41, 5.74) is 0.0546.